The third kappa shape index (κ3) is 5.03. The van der Waals surface area contributed by atoms with Crippen LogP contribution in [0.4, 0.5) is 11.4 Å². The van der Waals surface area contributed by atoms with Crippen LogP contribution in [0, 0.1) is 23.7 Å². The van der Waals surface area contributed by atoms with E-state index >= 15 is 4.79 Å². The lowest BCUT2D eigenvalue weighted by atomic mass is 9.50. The van der Waals surface area contributed by atoms with Gasteiger partial charge in [-0.15, -0.1) is 0 Å². The molecule has 3 fully saturated rings. The first-order valence-electron chi connectivity index (χ1n) is 17.2. The number of rotatable bonds is 8. The van der Waals surface area contributed by atoms with Crippen molar-refractivity contribution in [2.24, 2.45) is 23.7 Å². The highest BCUT2D eigenvalue weighted by Crippen LogP contribution is 2.64. The second kappa shape index (κ2) is 12.9. The number of anilines is 2. The number of aliphatic hydroxyl groups excluding tert-OH is 1. The number of benzene rings is 3. The fraction of sp³-hybridized carbons (Fsp3) is 0.300. The molecule has 266 valence electrons. The molecule has 0 spiro atoms. The van der Waals surface area contributed by atoms with Crippen molar-refractivity contribution in [1.82, 2.24) is 5.01 Å². The molecule has 0 unspecified atom stereocenters. The van der Waals surface area contributed by atoms with Crippen LogP contribution in [0.3, 0.4) is 0 Å². The Morgan fingerprint density at radius 3 is 2.33 bits per heavy atom. The Hall–Kier alpha value is -4.90. The predicted octanol–water partition coefficient (Wildman–Crippen LogP) is 6.84. The fourth-order valence-corrected chi connectivity index (χ4v) is 9.37. The number of carbonyl (C=O) groups excluding carboxylic acids is 4. The van der Waals surface area contributed by atoms with Crippen molar-refractivity contribution < 1.29 is 33.4 Å². The van der Waals surface area contributed by atoms with Crippen molar-refractivity contribution in [3.8, 4) is 5.75 Å². The lowest BCUT2D eigenvalue weighted by molar-refractivity contribution is -0.138. The highest BCUT2D eigenvalue weighted by atomic mass is 35.5. The van der Waals surface area contributed by atoms with E-state index in [9.17, 15) is 19.5 Å². The number of halogens is 2. The fourth-order valence-electron chi connectivity index (χ4n) is 8.92. The van der Waals surface area contributed by atoms with Crippen LogP contribution >= 0.6 is 23.2 Å². The number of aryl methyl sites for hydroxylation is 1. The van der Waals surface area contributed by atoms with Gasteiger partial charge in [-0.1, -0.05) is 66.0 Å². The van der Waals surface area contributed by atoms with Gasteiger partial charge in [0.2, 0.25) is 11.8 Å². The molecular formula is C40H35Cl2N3O7. The minimum Gasteiger partial charge on any atom is -0.497 e. The number of carbonyl (C=O) groups is 4. The first kappa shape index (κ1) is 34.2. The van der Waals surface area contributed by atoms with E-state index in [1.54, 1.807) is 67.8 Å². The highest BCUT2D eigenvalue weighted by molar-refractivity contribution is 6.36. The summed E-state index contributed by atoms with van der Waals surface area (Å²) in [6.07, 6.45) is 3.15. The summed E-state index contributed by atoms with van der Waals surface area (Å²) in [6, 6.07) is 22.5. The SMILES string of the molecule is CCc1ccc(N2C(=O)[C@H]3[C@H](CC=C4[C@H]3C[C@H]3C(=O)N(Nc5ccc(Cl)cc5Cl)C(=O)[C@@]3(c3ccc(OC)cc3)[C@H]4c3ccc(CO)o3)C2=O)cc1. The number of amides is 4. The summed E-state index contributed by atoms with van der Waals surface area (Å²) in [4.78, 5) is 59.9. The Morgan fingerprint density at radius 1 is 0.923 bits per heavy atom. The lowest BCUT2D eigenvalue weighted by Crippen LogP contribution is -2.53. The number of nitrogens with zero attached hydrogens (tertiary/aromatic N) is 2. The molecule has 3 aromatic carbocycles. The average molecular weight is 741 g/mol. The van der Waals surface area contributed by atoms with Gasteiger partial charge >= 0.3 is 0 Å². The Labute approximate surface area is 309 Å². The number of nitrogens with one attached hydrogen (secondary N) is 1. The van der Waals surface area contributed by atoms with Gasteiger partial charge in [-0.2, -0.15) is 5.01 Å². The smallest absolute Gasteiger partial charge is 0.260 e. The van der Waals surface area contributed by atoms with Crippen LogP contribution in [0.5, 0.6) is 5.75 Å². The Bertz CT molecular complexity index is 2150. The zero-order chi connectivity index (χ0) is 36.5. The number of methoxy groups -OCH3 is 1. The minimum atomic E-state index is -1.56. The number of imide groups is 2. The van der Waals surface area contributed by atoms with E-state index < -0.39 is 46.8 Å². The molecule has 0 radical (unpaired) electrons. The zero-order valence-corrected chi connectivity index (χ0v) is 29.9. The van der Waals surface area contributed by atoms with Crippen molar-refractivity contribution >= 4 is 58.2 Å². The van der Waals surface area contributed by atoms with Crippen LogP contribution in [0.25, 0.3) is 0 Å². The summed E-state index contributed by atoms with van der Waals surface area (Å²) in [6.45, 7) is 1.65. The number of ether oxygens (including phenoxy) is 1. The van der Waals surface area contributed by atoms with Crippen LogP contribution in [-0.2, 0) is 37.6 Å². The van der Waals surface area contributed by atoms with E-state index in [4.69, 9.17) is 32.4 Å². The maximum Gasteiger partial charge on any atom is 0.260 e. The highest BCUT2D eigenvalue weighted by Gasteiger charge is 2.71. The molecule has 6 atom stereocenters. The number of hydrazine groups is 1. The molecule has 1 aromatic heterocycles. The standard InChI is InChI=1S/C40H35Cl2N3O7/c1-3-21-4-9-24(10-5-21)44-36(47)28-15-14-27-29(34(28)38(44)49)19-30-37(48)45(43-32-16-8-23(41)18-31(32)42)39(50)40(30,22-6-11-25(51-2)12-7-22)35(27)33-17-13-26(20-46)52-33/h4-14,16-18,28-30,34-35,43,46H,3,15,19-20H2,1-2H3/t28-,29+,30-,34-,35+,40+/m0/s1. The molecule has 10 nitrogen and oxygen atoms in total. The maximum absolute atomic E-state index is 15.3. The summed E-state index contributed by atoms with van der Waals surface area (Å²) in [5, 5.41) is 11.6. The van der Waals surface area contributed by atoms with Crippen molar-refractivity contribution in [3.63, 3.8) is 0 Å². The largest absolute Gasteiger partial charge is 0.497 e. The second-order valence-corrected chi connectivity index (χ2v) is 14.5. The quantitative estimate of drug-likeness (QED) is 0.149. The summed E-state index contributed by atoms with van der Waals surface area (Å²) in [5.74, 6) is -4.34. The van der Waals surface area contributed by atoms with Crippen molar-refractivity contribution in [3.05, 3.63) is 123 Å². The Balaban J connectivity index is 1.30. The van der Waals surface area contributed by atoms with Gasteiger partial charge < -0.3 is 14.3 Å². The Morgan fingerprint density at radius 2 is 1.67 bits per heavy atom. The molecule has 2 aliphatic carbocycles. The second-order valence-electron chi connectivity index (χ2n) is 13.7. The van der Waals surface area contributed by atoms with Gasteiger partial charge in [0.05, 0.1) is 47.2 Å². The molecular weight excluding hydrogens is 705 g/mol. The number of aliphatic hydroxyl groups is 1. The van der Waals surface area contributed by atoms with Crippen LogP contribution in [0.15, 0.2) is 94.9 Å². The van der Waals surface area contributed by atoms with E-state index in [-0.39, 0.29) is 42.0 Å². The van der Waals surface area contributed by atoms with Crippen molar-refractivity contribution in [2.75, 3.05) is 17.4 Å². The van der Waals surface area contributed by atoms with Gasteiger partial charge in [0.15, 0.2) is 0 Å². The number of furan rings is 1. The van der Waals surface area contributed by atoms with Gasteiger partial charge in [0, 0.05) is 5.02 Å². The normalized spacial score (nSPS) is 26.6. The first-order chi connectivity index (χ1) is 25.1. The van der Waals surface area contributed by atoms with Gasteiger partial charge in [0.25, 0.3) is 11.8 Å². The molecule has 8 rings (SSSR count). The van der Waals surface area contributed by atoms with Crippen LogP contribution in [0.2, 0.25) is 10.0 Å². The van der Waals surface area contributed by atoms with E-state index in [0.29, 0.717) is 33.5 Å². The maximum atomic E-state index is 15.3. The van der Waals surface area contributed by atoms with Gasteiger partial charge in [-0.3, -0.25) is 29.5 Å². The summed E-state index contributed by atoms with van der Waals surface area (Å²) in [5.41, 5.74) is 4.59. The van der Waals surface area contributed by atoms with Gasteiger partial charge in [0.1, 0.15) is 29.3 Å². The van der Waals surface area contributed by atoms with E-state index in [1.807, 2.05) is 25.1 Å². The number of fused-ring (bicyclic) bond motifs is 4. The molecule has 4 amide bonds. The van der Waals surface area contributed by atoms with Crippen molar-refractivity contribution in [1.29, 1.82) is 0 Å². The third-order valence-electron chi connectivity index (χ3n) is 11.3. The van der Waals surface area contributed by atoms with Crippen LogP contribution < -0.4 is 15.1 Å². The van der Waals surface area contributed by atoms with Crippen LogP contribution in [-0.4, -0.2) is 40.9 Å². The number of hydrogen-bond acceptors (Lipinski definition) is 8. The molecule has 2 aliphatic heterocycles. The van der Waals surface area contributed by atoms with Gasteiger partial charge in [-0.25, -0.2) is 0 Å². The first-order valence-corrected chi connectivity index (χ1v) is 18.0. The molecule has 4 aromatic rings. The van der Waals surface area contributed by atoms with Gasteiger partial charge in [-0.05, 0) is 90.9 Å². The predicted molar refractivity (Wildman–Crippen MR) is 194 cm³/mol. The van der Waals surface area contributed by atoms with E-state index in [1.165, 1.54) is 11.0 Å². The summed E-state index contributed by atoms with van der Waals surface area (Å²) < 4.78 is 11.7. The van der Waals surface area contributed by atoms with E-state index in [0.717, 1.165) is 22.6 Å². The van der Waals surface area contributed by atoms with Crippen molar-refractivity contribution in [2.45, 2.75) is 44.1 Å². The molecule has 2 N–H and O–H groups in total. The monoisotopic (exact) mass is 739 g/mol. The molecule has 4 aliphatic rings. The Kier molecular flexibility index (Phi) is 8.52. The summed E-state index contributed by atoms with van der Waals surface area (Å²) >= 11 is 12.7. The molecule has 0 bridgehead atoms. The lowest BCUT2D eigenvalue weighted by Gasteiger charge is -2.49. The molecule has 1 saturated carbocycles. The molecule has 3 heterocycles. The third-order valence-corrected chi connectivity index (χ3v) is 11.9. The molecule has 12 heteroatoms. The molecule has 52 heavy (non-hydrogen) atoms. The zero-order valence-electron chi connectivity index (χ0n) is 28.3. The minimum absolute atomic E-state index is 0.113. The number of allylic oxidation sites excluding steroid dienone is 2. The average Bonchev–Trinajstić information content (AvgIpc) is 3.80. The van der Waals surface area contributed by atoms with Crippen LogP contribution in [0.1, 0.15) is 48.3 Å². The number of hydrogen-bond donors (Lipinski definition) is 2. The summed E-state index contributed by atoms with van der Waals surface area (Å²) in [7, 11) is 1.54. The molecule has 2 saturated heterocycles. The van der Waals surface area contributed by atoms with E-state index in [2.05, 4.69) is 5.43 Å². The topological polar surface area (TPSA) is 129 Å².